The number of anilines is 1. The van der Waals surface area contributed by atoms with Crippen molar-refractivity contribution in [1.82, 2.24) is 4.98 Å². The Hall–Kier alpha value is -2.18. The van der Waals surface area contributed by atoms with Gasteiger partial charge >= 0.3 is 7.12 Å². The van der Waals surface area contributed by atoms with Gasteiger partial charge in [-0.2, -0.15) is 0 Å². The van der Waals surface area contributed by atoms with E-state index in [1.807, 2.05) is 58.9 Å². The van der Waals surface area contributed by atoms with Crippen LogP contribution in [0.1, 0.15) is 70.1 Å². The van der Waals surface area contributed by atoms with Crippen molar-refractivity contribution in [2.45, 2.75) is 72.0 Å². The summed E-state index contributed by atoms with van der Waals surface area (Å²) in [6.07, 6.45) is 1.68. The predicted molar refractivity (Wildman–Crippen MR) is 118 cm³/mol. The van der Waals surface area contributed by atoms with E-state index in [1.54, 1.807) is 12.3 Å². The molecule has 1 N–H and O–H groups in total. The summed E-state index contributed by atoms with van der Waals surface area (Å²) in [5.41, 5.74) is 3.21. The van der Waals surface area contributed by atoms with E-state index in [-0.39, 0.29) is 11.3 Å². The quantitative estimate of drug-likeness (QED) is 0.792. The van der Waals surface area contributed by atoms with Crippen LogP contribution in [-0.2, 0) is 14.7 Å². The summed E-state index contributed by atoms with van der Waals surface area (Å²) in [4.78, 5) is 17.2. The Balaban J connectivity index is 1.83. The fourth-order valence-electron chi connectivity index (χ4n) is 3.13. The molecular weight excluding hydrogens is 363 g/mol. The summed E-state index contributed by atoms with van der Waals surface area (Å²) in [6.45, 7) is 16.4. The van der Waals surface area contributed by atoms with Crippen LogP contribution in [-0.4, -0.2) is 29.2 Å². The molecule has 5 nitrogen and oxygen atoms in total. The van der Waals surface area contributed by atoms with Gasteiger partial charge in [-0.15, -0.1) is 0 Å². The second kappa shape index (κ2) is 7.26. The molecule has 0 unspecified atom stereocenters. The molecule has 2 heterocycles. The molecule has 3 rings (SSSR count). The van der Waals surface area contributed by atoms with Gasteiger partial charge in [0.15, 0.2) is 0 Å². The number of carbonyl (C=O) groups excluding carboxylic acids is 1. The molecule has 1 amide bonds. The van der Waals surface area contributed by atoms with Crippen LogP contribution >= 0.6 is 0 Å². The van der Waals surface area contributed by atoms with Crippen LogP contribution in [0.2, 0.25) is 0 Å². The van der Waals surface area contributed by atoms with Crippen LogP contribution in [0.4, 0.5) is 5.69 Å². The van der Waals surface area contributed by atoms with Crippen LogP contribution in [0.15, 0.2) is 36.5 Å². The summed E-state index contributed by atoms with van der Waals surface area (Å²) >= 11 is 0. The van der Waals surface area contributed by atoms with Gasteiger partial charge in [0.05, 0.1) is 11.2 Å². The minimum Gasteiger partial charge on any atom is -0.399 e. The third-order valence-electron chi connectivity index (χ3n) is 5.83. The van der Waals surface area contributed by atoms with Crippen LogP contribution in [0.3, 0.4) is 0 Å². The smallest absolute Gasteiger partial charge is 0.399 e. The number of nitrogens with one attached hydrogen (secondary N) is 1. The van der Waals surface area contributed by atoms with E-state index in [4.69, 9.17) is 9.31 Å². The van der Waals surface area contributed by atoms with Crippen molar-refractivity contribution in [3.05, 3.63) is 53.3 Å². The molecular formula is C23H31BN2O3. The van der Waals surface area contributed by atoms with Crippen molar-refractivity contribution >= 4 is 24.2 Å². The fraction of sp³-hybridized carbons (Fsp3) is 0.478. The topological polar surface area (TPSA) is 60.5 Å². The second-order valence-electron chi connectivity index (χ2n) is 9.79. The molecule has 0 spiro atoms. The zero-order valence-electron chi connectivity index (χ0n) is 18.7. The first-order valence-electron chi connectivity index (χ1n) is 10.0. The minimum absolute atomic E-state index is 0.121. The van der Waals surface area contributed by atoms with E-state index in [2.05, 4.69) is 31.1 Å². The molecule has 2 aromatic rings. The zero-order chi connectivity index (χ0) is 21.6. The largest absolute Gasteiger partial charge is 0.495 e. The second-order valence-corrected chi connectivity index (χ2v) is 9.79. The Morgan fingerprint density at radius 2 is 1.66 bits per heavy atom. The van der Waals surface area contributed by atoms with Crippen LogP contribution in [0, 0.1) is 6.92 Å². The number of pyridine rings is 1. The number of hydrogen-bond acceptors (Lipinski definition) is 4. The van der Waals surface area contributed by atoms with Crippen LogP contribution in [0.5, 0.6) is 0 Å². The lowest BCUT2D eigenvalue weighted by atomic mass is 9.76. The monoisotopic (exact) mass is 394 g/mol. The third-order valence-corrected chi connectivity index (χ3v) is 5.83. The summed E-state index contributed by atoms with van der Waals surface area (Å²) in [7, 11) is -0.467. The van der Waals surface area contributed by atoms with Gasteiger partial charge in [0.2, 0.25) is 0 Å². The Morgan fingerprint density at radius 1 is 1.03 bits per heavy atom. The molecule has 1 aliphatic rings. The first-order valence-corrected chi connectivity index (χ1v) is 10.0. The number of carbonyl (C=O) groups is 1. The van der Waals surface area contributed by atoms with Crippen molar-refractivity contribution in [2.75, 3.05) is 5.32 Å². The van der Waals surface area contributed by atoms with Gasteiger partial charge in [-0.05, 0) is 64.3 Å². The highest BCUT2D eigenvalue weighted by atomic mass is 16.7. The molecule has 1 saturated heterocycles. The summed E-state index contributed by atoms with van der Waals surface area (Å²) < 4.78 is 12.4. The average molecular weight is 394 g/mol. The number of aromatic nitrogens is 1. The number of hydrogen-bond donors (Lipinski definition) is 1. The van der Waals surface area contributed by atoms with Crippen molar-refractivity contribution in [3.8, 4) is 0 Å². The summed E-state index contributed by atoms with van der Waals surface area (Å²) in [5, 5.41) is 2.99. The highest BCUT2D eigenvalue weighted by Gasteiger charge is 2.52. The number of aryl methyl sites for hydroxylation is 1. The Bertz CT molecular complexity index is 916. The van der Waals surface area contributed by atoms with E-state index >= 15 is 0 Å². The lowest BCUT2D eigenvalue weighted by molar-refractivity contribution is 0.00578. The van der Waals surface area contributed by atoms with E-state index in [0.717, 1.165) is 16.7 Å². The van der Waals surface area contributed by atoms with E-state index in [0.29, 0.717) is 11.3 Å². The molecule has 154 valence electrons. The molecule has 0 atom stereocenters. The van der Waals surface area contributed by atoms with E-state index < -0.39 is 18.3 Å². The highest BCUT2D eigenvalue weighted by molar-refractivity contribution is 6.62. The standard InChI is InChI=1S/C23H31BN2O3/c1-15-9-10-17(14-18(15)24-28-22(5,6)23(7,8)29-24)26-20(27)16-11-12-25-19(13-16)21(2,3)4/h9-14H,1-8H3,(H,26,27). The molecule has 0 saturated carbocycles. The maximum Gasteiger partial charge on any atom is 0.495 e. The minimum atomic E-state index is -0.467. The van der Waals surface area contributed by atoms with Gasteiger partial charge in [-0.25, -0.2) is 0 Å². The lowest BCUT2D eigenvalue weighted by Crippen LogP contribution is -2.41. The normalized spacial score (nSPS) is 18.0. The number of nitrogens with zero attached hydrogens (tertiary/aromatic N) is 1. The SMILES string of the molecule is Cc1ccc(NC(=O)c2ccnc(C(C)(C)C)c2)cc1B1OC(C)(C)C(C)(C)O1. The Labute approximate surface area is 174 Å². The van der Waals surface area contributed by atoms with Crippen molar-refractivity contribution in [1.29, 1.82) is 0 Å². The van der Waals surface area contributed by atoms with Gasteiger partial charge in [0.1, 0.15) is 0 Å². The van der Waals surface area contributed by atoms with E-state index in [1.165, 1.54) is 0 Å². The molecule has 1 aromatic heterocycles. The molecule has 29 heavy (non-hydrogen) atoms. The van der Waals surface area contributed by atoms with Gasteiger partial charge < -0.3 is 14.6 Å². The number of rotatable bonds is 3. The zero-order valence-corrected chi connectivity index (χ0v) is 18.7. The summed E-state index contributed by atoms with van der Waals surface area (Å²) in [5.74, 6) is -0.165. The Morgan fingerprint density at radius 3 is 2.24 bits per heavy atom. The maximum atomic E-state index is 12.8. The molecule has 1 aliphatic heterocycles. The van der Waals surface area contributed by atoms with Crippen molar-refractivity contribution in [2.24, 2.45) is 0 Å². The Kier molecular flexibility index (Phi) is 5.39. The maximum absolute atomic E-state index is 12.8. The molecule has 0 aliphatic carbocycles. The lowest BCUT2D eigenvalue weighted by Gasteiger charge is -2.32. The number of benzene rings is 1. The third kappa shape index (κ3) is 4.38. The molecule has 1 fully saturated rings. The van der Waals surface area contributed by atoms with E-state index in [9.17, 15) is 4.79 Å². The van der Waals surface area contributed by atoms with Crippen molar-refractivity contribution in [3.63, 3.8) is 0 Å². The first kappa shape index (κ1) is 21.5. The van der Waals surface area contributed by atoms with Crippen LogP contribution < -0.4 is 10.8 Å². The molecule has 6 heteroatoms. The predicted octanol–water partition coefficient (Wildman–Crippen LogP) is 4.24. The summed E-state index contributed by atoms with van der Waals surface area (Å²) in [6, 6.07) is 9.38. The van der Waals surface area contributed by atoms with Gasteiger partial charge in [-0.3, -0.25) is 9.78 Å². The number of amides is 1. The molecule has 0 radical (unpaired) electrons. The average Bonchev–Trinajstić information content (AvgIpc) is 2.83. The van der Waals surface area contributed by atoms with Gasteiger partial charge in [-0.1, -0.05) is 32.4 Å². The van der Waals surface area contributed by atoms with Gasteiger partial charge in [0.25, 0.3) is 5.91 Å². The first-order chi connectivity index (χ1) is 13.3. The molecule has 1 aromatic carbocycles. The van der Waals surface area contributed by atoms with Gasteiger partial charge in [0, 0.05) is 28.6 Å². The fourth-order valence-corrected chi connectivity index (χ4v) is 3.13. The van der Waals surface area contributed by atoms with Crippen LogP contribution in [0.25, 0.3) is 0 Å². The highest BCUT2D eigenvalue weighted by Crippen LogP contribution is 2.36. The van der Waals surface area contributed by atoms with Crippen molar-refractivity contribution < 1.29 is 14.1 Å². The molecule has 0 bridgehead atoms.